The van der Waals surface area contributed by atoms with E-state index in [0.717, 1.165) is 75.3 Å². The van der Waals surface area contributed by atoms with Gasteiger partial charge in [-0.15, -0.1) is 0 Å². The zero-order valence-electron chi connectivity index (χ0n) is 37.6. The molecule has 8 aromatic rings. The Morgan fingerprint density at radius 2 is 1.19 bits per heavy atom. The van der Waals surface area contributed by atoms with Crippen LogP contribution in [0.3, 0.4) is 0 Å². The molecule has 0 atom stereocenters. The van der Waals surface area contributed by atoms with Crippen LogP contribution in [0.2, 0.25) is 0 Å². The van der Waals surface area contributed by atoms with Gasteiger partial charge in [-0.2, -0.15) is 0 Å². The first-order valence-corrected chi connectivity index (χ1v) is 21.8. The van der Waals surface area contributed by atoms with Crippen LogP contribution in [0.1, 0.15) is 63.9 Å². The highest BCUT2D eigenvalue weighted by atomic mass is 16.4. The summed E-state index contributed by atoms with van der Waals surface area (Å²) in [6.45, 7) is 4.23. The number of aromatic nitrogens is 3. The number of unbranched alkanes of at least 4 members (excludes halogenated alkanes) is 1. The average molecular weight is 907 g/mol. The van der Waals surface area contributed by atoms with Gasteiger partial charge < -0.3 is 45.6 Å². The third kappa shape index (κ3) is 12.0. The number of carbonyl (C=O) groups excluding carboxylic acids is 1. The minimum Gasteiger partial charge on any atom is -0.506 e. The zero-order chi connectivity index (χ0) is 48.2. The fourth-order valence-electron chi connectivity index (χ4n) is 7.77. The van der Waals surface area contributed by atoms with E-state index in [1.165, 1.54) is 12.1 Å². The number of hydrogen-bond acceptors (Lipinski definition) is 10. The number of fused-ring (bicyclic) bond motifs is 5. The van der Waals surface area contributed by atoms with E-state index in [-0.39, 0.29) is 35.0 Å². The van der Waals surface area contributed by atoms with Crippen LogP contribution >= 0.6 is 0 Å². The lowest BCUT2D eigenvalue weighted by molar-refractivity contribution is -0.136. The van der Waals surface area contributed by atoms with Gasteiger partial charge in [0.15, 0.2) is 5.82 Å². The molecule has 0 bridgehead atoms. The minimum atomic E-state index is -1.12. The number of aliphatic carboxylic acids is 1. The first kappa shape index (κ1) is 48.4. The number of phenols is 2. The van der Waals surface area contributed by atoms with Gasteiger partial charge in [0, 0.05) is 42.2 Å². The van der Waals surface area contributed by atoms with Crippen molar-refractivity contribution in [1.29, 1.82) is 0 Å². The Hall–Kier alpha value is -8.04. The van der Waals surface area contributed by atoms with Crippen molar-refractivity contribution in [3.8, 4) is 11.5 Å². The fourth-order valence-corrected chi connectivity index (χ4v) is 7.77. The molecular formula is C52H54N6O9. The SMILES string of the molecule is CCCCc1nc2c(N)nc3ccccc3c2n1CCCN(Cc1ccc(CC(=O)O)cc1)C(=O)CN(C)C.O=C(O)c1ccc2ccccc2c1O.O=C(O)c1ccc2ccccc2c1O. The first-order chi connectivity index (χ1) is 32.2. The molecule has 6 aromatic carbocycles. The second-order valence-electron chi connectivity index (χ2n) is 16.3. The second kappa shape index (κ2) is 22.2. The number of benzene rings is 6. The molecule has 2 aromatic heterocycles. The number of amides is 1. The summed E-state index contributed by atoms with van der Waals surface area (Å²) in [4.78, 5) is 58.8. The van der Waals surface area contributed by atoms with Gasteiger partial charge in [-0.05, 0) is 67.0 Å². The molecule has 0 radical (unpaired) electrons. The number of nitrogens with zero attached hydrogens (tertiary/aromatic N) is 5. The number of imidazole rings is 1. The molecule has 0 saturated heterocycles. The highest BCUT2D eigenvalue weighted by Gasteiger charge is 2.20. The van der Waals surface area contributed by atoms with Crippen LogP contribution in [0.15, 0.2) is 121 Å². The Labute approximate surface area is 387 Å². The van der Waals surface area contributed by atoms with Crippen LogP contribution < -0.4 is 5.73 Å². The Morgan fingerprint density at radius 3 is 1.73 bits per heavy atom. The fraction of sp³-hybridized carbons (Fsp3) is 0.231. The number of likely N-dealkylation sites (N-methyl/N-ethyl adjacent to an activating group) is 1. The van der Waals surface area contributed by atoms with Crippen LogP contribution in [0, 0.1) is 0 Å². The Morgan fingerprint density at radius 1 is 0.657 bits per heavy atom. The number of carboxylic acids is 3. The molecule has 15 nitrogen and oxygen atoms in total. The van der Waals surface area contributed by atoms with E-state index in [9.17, 15) is 29.4 Å². The molecule has 346 valence electrons. The Balaban J connectivity index is 0.000000213. The summed E-state index contributed by atoms with van der Waals surface area (Å²) < 4.78 is 2.26. The van der Waals surface area contributed by atoms with Gasteiger partial charge in [0.2, 0.25) is 5.91 Å². The number of carbonyl (C=O) groups is 4. The third-order valence-corrected chi connectivity index (χ3v) is 11.1. The number of nitrogens with two attached hydrogens (primary N) is 1. The summed E-state index contributed by atoms with van der Waals surface area (Å²) in [6, 6.07) is 35.8. The van der Waals surface area contributed by atoms with Gasteiger partial charge in [0.05, 0.1) is 24.0 Å². The first-order valence-electron chi connectivity index (χ1n) is 21.8. The van der Waals surface area contributed by atoms with E-state index in [4.69, 9.17) is 26.0 Å². The number of aryl methyl sites for hydroxylation is 2. The van der Waals surface area contributed by atoms with Gasteiger partial charge in [-0.3, -0.25) is 9.59 Å². The van der Waals surface area contributed by atoms with Crippen LogP contribution in [-0.2, 0) is 35.5 Å². The van der Waals surface area contributed by atoms with Gasteiger partial charge in [0.1, 0.15) is 34.0 Å². The van der Waals surface area contributed by atoms with Gasteiger partial charge in [0.25, 0.3) is 0 Å². The average Bonchev–Trinajstić information content (AvgIpc) is 3.67. The Bertz CT molecular complexity index is 2960. The van der Waals surface area contributed by atoms with E-state index in [0.29, 0.717) is 42.8 Å². The van der Waals surface area contributed by atoms with Crippen molar-refractivity contribution in [2.45, 2.75) is 52.1 Å². The van der Waals surface area contributed by atoms with Crippen molar-refractivity contribution in [2.24, 2.45) is 0 Å². The lowest BCUT2D eigenvalue weighted by Crippen LogP contribution is -2.38. The topological polar surface area (TPSA) is 233 Å². The van der Waals surface area contributed by atoms with Crippen LogP contribution in [0.25, 0.3) is 43.5 Å². The molecule has 15 heteroatoms. The normalized spacial score (nSPS) is 11.0. The van der Waals surface area contributed by atoms with E-state index in [2.05, 4.69) is 22.5 Å². The number of aromatic carboxylic acids is 2. The maximum absolute atomic E-state index is 13.2. The summed E-state index contributed by atoms with van der Waals surface area (Å²) in [6.07, 6.45) is 3.68. The molecule has 0 unspecified atom stereocenters. The molecule has 1 amide bonds. The summed E-state index contributed by atoms with van der Waals surface area (Å²) in [7, 11) is 3.77. The van der Waals surface area contributed by atoms with E-state index < -0.39 is 17.9 Å². The highest BCUT2D eigenvalue weighted by Crippen LogP contribution is 2.31. The van der Waals surface area contributed by atoms with Crippen molar-refractivity contribution < 1.29 is 44.7 Å². The zero-order valence-corrected chi connectivity index (χ0v) is 37.6. The summed E-state index contributed by atoms with van der Waals surface area (Å²) >= 11 is 0. The van der Waals surface area contributed by atoms with Crippen molar-refractivity contribution in [1.82, 2.24) is 24.3 Å². The van der Waals surface area contributed by atoms with Crippen LogP contribution in [0.4, 0.5) is 5.82 Å². The number of carboxylic acid groups (broad SMARTS) is 3. The highest BCUT2D eigenvalue weighted by molar-refractivity contribution is 6.06. The molecule has 0 saturated carbocycles. The summed E-state index contributed by atoms with van der Waals surface area (Å²) in [5, 5.41) is 49.7. The van der Waals surface area contributed by atoms with Crippen LogP contribution in [0.5, 0.6) is 11.5 Å². The van der Waals surface area contributed by atoms with Gasteiger partial charge in [-0.25, -0.2) is 19.6 Å². The van der Waals surface area contributed by atoms with Crippen molar-refractivity contribution >= 4 is 73.1 Å². The number of rotatable bonds is 15. The van der Waals surface area contributed by atoms with E-state index in [1.54, 1.807) is 36.4 Å². The predicted octanol–water partition coefficient (Wildman–Crippen LogP) is 8.60. The molecule has 0 spiro atoms. The monoisotopic (exact) mass is 906 g/mol. The lowest BCUT2D eigenvalue weighted by atomic mass is 10.1. The summed E-state index contributed by atoms with van der Waals surface area (Å²) in [5.74, 6) is -1.95. The summed E-state index contributed by atoms with van der Waals surface area (Å²) in [5.41, 5.74) is 10.5. The number of nitrogen functional groups attached to an aromatic ring is 1. The van der Waals surface area contributed by atoms with Crippen molar-refractivity contribution in [3.63, 3.8) is 0 Å². The maximum Gasteiger partial charge on any atom is 0.339 e. The van der Waals surface area contributed by atoms with Gasteiger partial charge >= 0.3 is 17.9 Å². The number of anilines is 1. The molecule has 0 fully saturated rings. The number of pyridine rings is 1. The molecule has 67 heavy (non-hydrogen) atoms. The predicted molar refractivity (Wildman–Crippen MR) is 260 cm³/mol. The lowest BCUT2D eigenvalue weighted by Gasteiger charge is -2.25. The minimum absolute atomic E-state index is 0.0164. The second-order valence-corrected chi connectivity index (χ2v) is 16.3. The van der Waals surface area contributed by atoms with E-state index >= 15 is 0 Å². The quantitative estimate of drug-likeness (QED) is 0.0566. The molecular weight excluding hydrogens is 853 g/mol. The van der Waals surface area contributed by atoms with E-state index in [1.807, 2.05) is 90.6 Å². The maximum atomic E-state index is 13.2. The van der Waals surface area contributed by atoms with Crippen molar-refractivity contribution in [2.75, 3.05) is 32.9 Å². The van der Waals surface area contributed by atoms with Crippen molar-refractivity contribution in [3.05, 3.63) is 149 Å². The molecule has 8 rings (SSSR count). The van der Waals surface area contributed by atoms with Crippen LogP contribution in [-0.4, -0.2) is 101 Å². The largest absolute Gasteiger partial charge is 0.506 e. The standard InChI is InChI=1S/C30H38N6O3.2C11H8O3/c1-4-5-11-25-33-28-29(23-9-6-7-10-24(23)32-30(28)31)36(25)17-8-16-35(26(37)20-34(2)3)19-22-14-12-21(13-15-22)18-27(38)39;2*12-10-8-4-2-1-3-7(8)5-6-9(10)11(13)14/h6-7,9-10,12-15H,4-5,8,11,16-20H2,1-3H3,(H2,31,32)(H,38,39);2*1-6,12H,(H,13,14). The molecule has 0 aliphatic heterocycles. The molecule has 7 N–H and O–H groups in total. The number of hydrogen-bond donors (Lipinski definition) is 6. The molecule has 0 aliphatic carbocycles. The third-order valence-electron chi connectivity index (χ3n) is 11.1. The molecule has 0 aliphatic rings. The number of para-hydroxylation sites is 1. The smallest absolute Gasteiger partial charge is 0.339 e. The Kier molecular flexibility index (Phi) is 16.1. The molecule has 2 heterocycles. The number of aromatic hydroxyl groups is 2. The van der Waals surface area contributed by atoms with Gasteiger partial charge in [-0.1, -0.05) is 116 Å².